The molecule has 5 nitrogen and oxygen atoms in total. The van der Waals surface area contributed by atoms with E-state index in [1.165, 1.54) is 30.5 Å². The van der Waals surface area contributed by atoms with Gasteiger partial charge in [0.05, 0.1) is 11.1 Å². The van der Waals surface area contributed by atoms with Crippen LogP contribution in [-0.2, 0) is 0 Å². The summed E-state index contributed by atoms with van der Waals surface area (Å²) in [7, 11) is 0. The number of pyridine rings is 2. The van der Waals surface area contributed by atoms with Crippen molar-refractivity contribution < 1.29 is 9.59 Å². The van der Waals surface area contributed by atoms with E-state index in [0.29, 0.717) is 0 Å². The predicted molar refractivity (Wildman–Crippen MR) is 75.3 cm³/mol. The zero-order valence-electron chi connectivity index (χ0n) is 9.73. The molecule has 2 heterocycles. The van der Waals surface area contributed by atoms with E-state index in [4.69, 9.17) is 34.8 Å². The summed E-state index contributed by atoms with van der Waals surface area (Å²) in [6.07, 6.45) is 1.43. The molecule has 2 aromatic heterocycles. The standard InChI is InChI=1S/C12H6Cl3N3O2/c13-8-4-3-7(10(15)17-8)12(20)18-11(19)6-2-1-5-16-9(6)14/h1-5H,(H,18,19,20). The van der Waals surface area contributed by atoms with Crippen molar-refractivity contribution in [2.75, 3.05) is 0 Å². The van der Waals surface area contributed by atoms with Gasteiger partial charge in [0.25, 0.3) is 11.8 Å². The highest BCUT2D eigenvalue weighted by Crippen LogP contribution is 2.17. The number of carbonyl (C=O) groups is 2. The van der Waals surface area contributed by atoms with Crippen molar-refractivity contribution in [3.05, 3.63) is 57.0 Å². The molecule has 0 aliphatic heterocycles. The van der Waals surface area contributed by atoms with Gasteiger partial charge in [-0.2, -0.15) is 0 Å². The Bertz CT molecular complexity index is 691. The van der Waals surface area contributed by atoms with Gasteiger partial charge in [-0.1, -0.05) is 34.8 Å². The Balaban J connectivity index is 2.20. The van der Waals surface area contributed by atoms with Crippen molar-refractivity contribution in [2.24, 2.45) is 0 Å². The maximum absolute atomic E-state index is 11.9. The van der Waals surface area contributed by atoms with Gasteiger partial charge in [-0.25, -0.2) is 9.97 Å². The molecule has 2 amide bonds. The maximum atomic E-state index is 11.9. The van der Waals surface area contributed by atoms with Gasteiger partial charge in [0, 0.05) is 6.20 Å². The Kier molecular flexibility index (Phi) is 4.54. The summed E-state index contributed by atoms with van der Waals surface area (Å²) in [5, 5.41) is 2.19. The van der Waals surface area contributed by atoms with Crippen LogP contribution in [0.15, 0.2) is 30.5 Å². The fourth-order valence-electron chi connectivity index (χ4n) is 1.37. The first-order valence-electron chi connectivity index (χ1n) is 5.27. The summed E-state index contributed by atoms with van der Waals surface area (Å²) < 4.78 is 0. The Labute approximate surface area is 128 Å². The molecule has 0 atom stereocenters. The van der Waals surface area contributed by atoms with Crippen LogP contribution in [0, 0.1) is 0 Å². The van der Waals surface area contributed by atoms with E-state index < -0.39 is 11.8 Å². The van der Waals surface area contributed by atoms with Crippen molar-refractivity contribution in [1.29, 1.82) is 0 Å². The van der Waals surface area contributed by atoms with Crippen LogP contribution in [-0.4, -0.2) is 21.8 Å². The van der Waals surface area contributed by atoms with Gasteiger partial charge in [-0.05, 0) is 24.3 Å². The predicted octanol–water partition coefficient (Wildman–Crippen LogP) is 3.01. The molecule has 8 heteroatoms. The molecule has 2 rings (SSSR count). The summed E-state index contributed by atoms with van der Waals surface area (Å²) in [5.74, 6) is -1.39. The molecule has 0 radical (unpaired) electrons. The van der Waals surface area contributed by atoms with Gasteiger partial charge in [0.2, 0.25) is 0 Å². The Morgan fingerprint density at radius 3 is 2.20 bits per heavy atom. The second-order valence-corrected chi connectivity index (χ2v) is 4.70. The molecular weight excluding hydrogens is 325 g/mol. The minimum atomic E-state index is -0.705. The van der Waals surface area contributed by atoms with Crippen LogP contribution in [0.3, 0.4) is 0 Å². The van der Waals surface area contributed by atoms with Crippen molar-refractivity contribution in [3.8, 4) is 0 Å². The van der Waals surface area contributed by atoms with Gasteiger partial charge >= 0.3 is 0 Å². The van der Waals surface area contributed by atoms with E-state index in [1.807, 2.05) is 0 Å². The highest BCUT2D eigenvalue weighted by Gasteiger charge is 2.17. The minimum Gasteiger partial charge on any atom is -0.288 e. The minimum absolute atomic E-state index is 0.00173. The van der Waals surface area contributed by atoms with E-state index >= 15 is 0 Å². The van der Waals surface area contributed by atoms with Crippen LogP contribution in [0.4, 0.5) is 0 Å². The molecule has 0 saturated heterocycles. The van der Waals surface area contributed by atoms with E-state index in [9.17, 15) is 9.59 Å². The molecule has 0 bridgehead atoms. The zero-order valence-corrected chi connectivity index (χ0v) is 12.0. The van der Waals surface area contributed by atoms with Gasteiger partial charge in [0.15, 0.2) is 0 Å². The Morgan fingerprint density at radius 1 is 0.950 bits per heavy atom. The third kappa shape index (κ3) is 3.25. The molecule has 102 valence electrons. The van der Waals surface area contributed by atoms with Crippen LogP contribution in [0.2, 0.25) is 15.5 Å². The van der Waals surface area contributed by atoms with E-state index in [0.717, 1.165) is 0 Å². The highest BCUT2D eigenvalue weighted by atomic mass is 35.5. The molecule has 0 fully saturated rings. The fraction of sp³-hybridized carbons (Fsp3) is 0. The summed E-state index contributed by atoms with van der Waals surface area (Å²) in [6.45, 7) is 0. The summed E-state index contributed by atoms with van der Waals surface area (Å²) in [5.41, 5.74) is 0.116. The molecule has 2 aromatic rings. The average molecular weight is 331 g/mol. The van der Waals surface area contributed by atoms with Gasteiger partial charge in [0.1, 0.15) is 15.5 Å². The lowest BCUT2D eigenvalue weighted by molar-refractivity contribution is 0.0849. The number of hydrogen-bond donors (Lipinski definition) is 1. The zero-order chi connectivity index (χ0) is 14.7. The van der Waals surface area contributed by atoms with Crippen LogP contribution in [0.5, 0.6) is 0 Å². The van der Waals surface area contributed by atoms with Crippen LogP contribution < -0.4 is 5.32 Å². The summed E-state index contributed by atoms with van der Waals surface area (Å²) >= 11 is 17.2. The van der Waals surface area contributed by atoms with Gasteiger partial charge < -0.3 is 0 Å². The number of carbonyl (C=O) groups excluding carboxylic acids is 2. The maximum Gasteiger partial charge on any atom is 0.261 e. The fourth-order valence-corrected chi connectivity index (χ4v) is 2.01. The number of amides is 2. The second kappa shape index (κ2) is 6.17. The van der Waals surface area contributed by atoms with Crippen molar-refractivity contribution >= 4 is 46.6 Å². The number of imide groups is 1. The van der Waals surface area contributed by atoms with E-state index in [2.05, 4.69) is 15.3 Å². The molecule has 0 aliphatic rings. The van der Waals surface area contributed by atoms with Crippen molar-refractivity contribution in [3.63, 3.8) is 0 Å². The number of hydrogen-bond acceptors (Lipinski definition) is 4. The third-order valence-corrected chi connectivity index (χ3v) is 3.09. The average Bonchev–Trinajstić information content (AvgIpc) is 2.38. The first kappa shape index (κ1) is 14.7. The van der Waals surface area contributed by atoms with Crippen molar-refractivity contribution in [2.45, 2.75) is 0 Å². The quantitative estimate of drug-likeness (QED) is 0.678. The second-order valence-electron chi connectivity index (χ2n) is 3.60. The molecule has 1 N–H and O–H groups in total. The molecule has 0 spiro atoms. The lowest BCUT2D eigenvalue weighted by Crippen LogP contribution is -2.31. The van der Waals surface area contributed by atoms with Gasteiger partial charge in [-0.15, -0.1) is 0 Å². The monoisotopic (exact) mass is 329 g/mol. The van der Waals surface area contributed by atoms with Crippen LogP contribution in [0.25, 0.3) is 0 Å². The SMILES string of the molecule is O=C(NC(=O)c1ccc(Cl)nc1Cl)c1cccnc1Cl. The van der Waals surface area contributed by atoms with Crippen LogP contribution >= 0.6 is 34.8 Å². The molecule has 0 aliphatic carbocycles. The lowest BCUT2D eigenvalue weighted by Gasteiger charge is -2.06. The first-order chi connectivity index (χ1) is 9.49. The molecule has 0 saturated carbocycles. The Morgan fingerprint density at radius 2 is 1.60 bits per heavy atom. The Hall–Kier alpha value is -1.69. The molecule has 20 heavy (non-hydrogen) atoms. The van der Waals surface area contributed by atoms with E-state index in [-0.39, 0.29) is 26.6 Å². The van der Waals surface area contributed by atoms with Gasteiger partial charge in [-0.3, -0.25) is 14.9 Å². The largest absolute Gasteiger partial charge is 0.288 e. The highest BCUT2D eigenvalue weighted by molar-refractivity contribution is 6.35. The first-order valence-corrected chi connectivity index (χ1v) is 6.40. The molecule has 0 aromatic carbocycles. The third-order valence-electron chi connectivity index (χ3n) is 2.29. The number of aromatic nitrogens is 2. The number of nitrogens with one attached hydrogen (secondary N) is 1. The number of rotatable bonds is 2. The van der Waals surface area contributed by atoms with E-state index in [1.54, 1.807) is 0 Å². The summed E-state index contributed by atoms with van der Waals surface area (Å²) in [4.78, 5) is 31.2. The summed E-state index contributed by atoms with van der Waals surface area (Å²) in [6, 6.07) is 5.73. The normalized spacial score (nSPS) is 10.2. The smallest absolute Gasteiger partial charge is 0.261 e. The lowest BCUT2D eigenvalue weighted by atomic mass is 10.2. The molecular formula is C12H6Cl3N3O2. The number of halogens is 3. The molecule has 0 unspecified atom stereocenters. The number of nitrogens with zero attached hydrogens (tertiary/aromatic N) is 2. The van der Waals surface area contributed by atoms with Crippen molar-refractivity contribution in [1.82, 2.24) is 15.3 Å². The topological polar surface area (TPSA) is 72.0 Å². The van der Waals surface area contributed by atoms with Crippen LogP contribution in [0.1, 0.15) is 20.7 Å².